The van der Waals surface area contributed by atoms with Crippen molar-refractivity contribution in [2.24, 2.45) is 0 Å². The van der Waals surface area contributed by atoms with E-state index in [2.05, 4.69) is 21.2 Å². The van der Waals surface area contributed by atoms with Gasteiger partial charge in [-0.2, -0.15) is 0 Å². The first kappa shape index (κ1) is 29.7. The molecule has 3 rings (SSSR count). The van der Waals surface area contributed by atoms with Crippen LogP contribution in [0.15, 0.2) is 88.2 Å². The van der Waals surface area contributed by atoms with E-state index < -0.39 is 28.5 Å². The molecule has 0 bridgehead atoms. The fourth-order valence-corrected chi connectivity index (χ4v) is 5.50. The van der Waals surface area contributed by atoms with Gasteiger partial charge in [-0.15, -0.1) is 0 Å². The van der Waals surface area contributed by atoms with E-state index >= 15 is 0 Å². The Labute approximate surface area is 238 Å². The molecule has 2 atom stereocenters. The molecular formula is C28H31BrClN3O4S. The Morgan fingerprint density at radius 2 is 1.55 bits per heavy atom. The van der Waals surface area contributed by atoms with Crippen LogP contribution in [0, 0.1) is 0 Å². The molecule has 0 fully saturated rings. The van der Waals surface area contributed by atoms with E-state index in [-0.39, 0.29) is 23.4 Å². The number of nitrogens with one attached hydrogen (secondary N) is 1. The zero-order chi connectivity index (χ0) is 27.9. The predicted molar refractivity (Wildman–Crippen MR) is 154 cm³/mol. The van der Waals surface area contributed by atoms with Crippen LogP contribution < -0.4 is 9.62 Å². The molecule has 0 spiro atoms. The van der Waals surface area contributed by atoms with E-state index in [0.717, 1.165) is 20.8 Å². The SMILES string of the molecule is CC[C@@H](C)NC(=O)[C@H](C)N(Cc1ccc(Br)cc1)C(=O)CN(c1ccccc1)S(=O)(=O)c1ccc(Cl)cc1. The summed E-state index contributed by atoms with van der Waals surface area (Å²) in [6.45, 7) is 5.13. The van der Waals surface area contributed by atoms with Crippen molar-refractivity contribution in [3.05, 3.63) is 93.9 Å². The highest BCUT2D eigenvalue weighted by Crippen LogP contribution is 2.25. The van der Waals surface area contributed by atoms with Gasteiger partial charge in [0.25, 0.3) is 10.0 Å². The molecule has 0 unspecified atom stereocenters. The first-order valence-electron chi connectivity index (χ1n) is 12.2. The largest absolute Gasteiger partial charge is 0.352 e. The molecule has 38 heavy (non-hydrogen) atoms. The van der Waals surface area contributed by atoms with Gasteiger partial charge in [0.05, 0.1) is 10.6 Å². The molecule has 0 aromatic heterocycles. The maximum absolute atomic E-state index is 13.8. The smallest absolute Gasteiger partial charge is 0.264 e. The number of rotatable bonds is 11. The average Bonchev–Trinajstić information content (AvgIpc) is 2.91. The Balaban J connectivity index is 1.99. The van der Waals surface area contributed by atoms with Crippen molar-refractivity contribution in [2.45, 2.75) is 50.7 Å². The summed E-state index contributed by atoms with van der Waals surface area (Å²) in [4.78, 5) is 28.3. The summed E-state index contributed by atoms with van der Waals surface area (Å²) in [6, 6.07) is 20.7. The normalized spacial score (nSPS) is 12.9. The molecule has 3 aromatic carbocycles. The zero-order valence-electron chi connectivity index (χ0n) is 21.5. The summed E-state index contributed by atoms with van der Waals surface area (Å²) in [5.74, 6) is -0.822. The lowest BCUT2D eigenvalue weighted by molar-refractivity contribution is -0.139. The van der Waals surface area contributed by atoms with Gasteiger partial charge in [-0.25, -0.2) is 8.42 Å². The van der Waals surface area contributed by atoms with Gasteiger partial charge in [-0.05, 0) is 74.4 Å². The van der Waals surface area contributed by atoms with Crippen molar-refractivity contribution in [2.75, 3.05) is 10.8 Å². The van der Waals surface area contributed by atoms with Crippen LogP contribution in [0.1, 0.15) is 32.8 Å². The monoisotopic (exact) mass is 619 g/mol. The molecule has 0 aliphatic rings. The van der Waals surface area contributed by atoms with Gasteiger partial charge >= 0.3 is 0 Å². The number of amides is 2. The number of carbonyl (C=O) groups excluding carboxylic acids is 2. The Hall–Kier alpha value is -2.88. The van der Waals surface area contributed by atoms with Crippen molar-refractivity contribution in [1.82, 2.24) is 10.2 Å². The van der Waals surface area contributed by atoms with Crippen LogP contribution in [0.3, 0.4) is 0 Å². The summed E-state index contributed by atoms with van der Waals surface area (Å²) in [6.07, 6.45) is 0.736. The van der Waals surface area contributed by atoms with Gasteiger partial charge < -0.3 is 10.2 Å². The second kappa shape index (κ2) is 13.3. The number of anilines is 1. The van der Waals surface area contributed by atoms with Crippen LogP contribution >= 0.6 is 27.5 Å². The highest BCUT2D eigenvalue weighted by Gasteiger charge is 2.32. The number of carbonyl (C=O) groups is 2. The third kappa shape index (κ3) is 7.58. The number of hydrogen-bond donors (Lipinski definition) is 1. The van der Waals surface area contributed by atoms with Crippen LogP contribution in [-0.4, -0.2) is 43.8 Å². The lowest BCUT2D eigenvalue weighted by Gasteiger charge is -2.32. The Morgan fingerprint density at radius 1 is 0.947 bits per heavy atom. The van der Waals surface area contributed by atoms with E-state index in [0.29, 0.717) is 10.7 Å². The van der Waals surface area contributed by atoms with Crippen molar-refractivity contribution >= 4 is 55.1 Å². The van der Waals surface area contributed by atoms with Gasteiger partial charge in [0.15, 0.2) is 0 Å². The first-order valence-corrected chi connectivity index (χ1v) is 14.8. The van der Waals surface area contributed by atoms with Crippen LogP contribution in [0.5, 0.6) is 0 Å². The quantitative estimate of drug-likeness (QED) is 0.301. The average molecular weight is 621 g/mol. The molecule has 0 radical (unpaired) electrons. The van der Waals surface area contributed by atoms with E-state index in [9.17, 15) is 18.0 Å². The van der Waals surface area contributed by atoms with Gasteiger partial charge in [-0.1, -0.05) is 64.8 Å². The fraction of sp³-hybridized carbons (Fsp3) is 0.286. The number of benzene rings is 3. The Kier molecular flexibility index (Phi) is 10.4. The molecule has 2 amide bonds. The van der Waals surface area contributed by atoms with E-state index in [1.807, 2.05) is 38.1 Å². The summed E-state index contributed by atoms with van der Waals surface area (Å²) < 4.78 is 29.4. The Bertz CT molecular complexity index is 1340. The molecule has 0 aliphatic carbocycles. The molecule has 1 N–H and O–H groups in total. The molecule has 0 saturated heterocycles. The lowest BCUT2D eigenvalue weighted by atomic mass is 10.1. The molecule has 3 aromatic rings. The van der Waals surface area contributed by atoms with E-state index in [1.54, 1.807) is 37.3 Å². The lowest BCUT2D eigenvalue weighted by Crippen LogP contribution is -2.52. The maximum atomic E-state index is 13.8. The number of para-hydroxylation sites is 1. The fourth-order valence-electron chi connectivity index (χ4n) is 3.69. The van der Waals surface area contributed by atoms with Gasteiger partial charge in [0, 0.05) is 22.1 Å². The van der Waals surface area contributed by atoms with E-state index in [1.165, 1.54) is 29.2 Å². The second-order valence-electron chi connectivity index (χ2n) is 8.94. The number of halogens is 2. The predicted octanol–water partition coefficient (Wildman–Crippen LogP) is 5.63. The van der Waals surface area contributed by atoms with Crippen molar-refractivity contribution in [1.29, 1.82) is 0 Å². The van der Waals surface area contributed by atoms with Crippen molar-refractivity contribution in [3.63, 3.8) is 0 Å². The molecule has 0 aliphatic heterocycles. The standard InChI is InChI=1S/C28H31BrClN3O4S/c1-4-20(2)31-28(35)21(3)32(18-22-10-12-23(29)13-11-22)27(34)19-33(25-8-6-5-7-9-25)38(36,37)26-16-14-24(30)15-17-26/h5-17,20-21H,4,18-19H2,1-3H3,(H,31,35)/t20-,21+/m1/s1. The zero-order valence-corrected chi connectivity index (χ0v) is 24.6. The van der Waals surface area contributed by atoms with Gasteiger partial charge in [-0.3, -0.25) is 13.9 Å². The Morgan fingerprint density at radius 3 is 2.13 bits per heavy atom. The van der Waals surface area contributed by atoms with E-state index in [4.69, 9.17) is 11.6 Å². The molecule has 202 valence electrons. The highest BCUT2D eigenvalue weighted by atomic mass is 79.9. The number of sulfonamides is 1. The summed E-state index contributed by atoms with van der Waals surface area (Å²) >= 11 is 9.38. The first-order chi connectivity index (χ1) is 18.0. The third-order valence-electron chi connectivity index (χ3n) is 6.16. The third-order valence-corrected chi connectivity index (χ3v) is 8.73. The molecular weight excluding hydrogens is 590 g/mol. The number of hydrogen-bond acceptors (Lipinski definition) is 4. The van der Waals surface area contributed by atoms with Crippen molar-refractivity contribution < 1.29 is 18.0 Å². The van der Waals surface area contributed by atoms with Crippen molar-refractivity contribution in [3.8, 4) is 0 Å². The van der Waals surface area contributed by atoms with Crippen LogP contribution in [0.25, 0.3) is 0 Å². The van der Waals surface area contributed by atoms with Crippen LogP contribution in [0.4, 0.5) is 5.69 Å². The minimum atomic E-state index is -4.13. The molecule has 7 nitrogen and oxygen atoms in total. The van der Waals surface area contributed by atoms with Gasteiger partial charge in [0.2, 0.25) is 11.8 Å². The van der Waals surface area contributed by atoms with Crippen LogP contribution in [-0.2, 0) is 26.2 Å². The van der Waals surface area contributed by atoms with Gasteiger partial charge in [0.1, 0.15) is 12.6 Å². The minimum absolute atomic E-state index is 0.000532. The second-order valence-corrected chi connectivity index (χ2v) is 12.2. The summed E-state index contributed by atoms with van der Waals surface area (Å²) in [5.41, 5.74) is 1.13. The minimum Gasteiger partial charge on any atom is -0.352 e. The summed E-state index contributed by atoms with van der Waals surface area (Å²) in [7, 11) is -4.13. The molecule has 10 heteroatoms. The molecule has 0 heterocycles. The highest BCUT2D eigenvalue weighted by molar-refractivity contribution is 9.10. The number of nitrogens with zero attached hydrogens (tertiary/aromatic N) is 2. The topological polar surface area (TPSA) is 86.8 Å². The van der Waals surface area contributed by atoms with Crippen LogP contribution in [0.2, 0.25) is 5.02 Å². The summed E-state index contributed by atoms with van der Waals surface area (Å²) in [5, 5.41) is 3.32. The molecule has 0 saturated carbocycles. The maximum Gasteiger partial charge on any atom is 0.264 e.